The Hall–Kier alpha value is -3.28. The first-order valence-corrected chi connectivity index (χ1v) is 6.33. The maximum absolute atomic E-state index is 12.1. The van der Waals surface area contributed by atoms with Gasteiger partial charge in [-0.1, -0.05) is 24.3 Å². The van der Waals surface area contributed by atoms with Crippen LogP contribution in [0.3, 0.4) is 0 Å². The summed E-state index contributed by atoms with van der Waals surface area (Å²) in [5.41, 5.74) is -0.827. The van der Waals surface area contributed by atoms with Gasteiger partial charge in [0.2, 0.25) is 5.75 Å². The lowest BCUT2D eigenvalue weighted by atomic mass is 10.2. The van der Waals surface area contributed by atoms with Crippen LogP contribution in [0.2, 0.25) is 0 Å². The summed E-state index contributed by atoms with van der Waals surface area (Å²) in [6.07, 6.45) is 0. The molecule has 0 unspecified atom stereocenters. The smallest absolute Gasteiger partial charge is 0.382 e. The van der Waals surface area contributed by atoms with Crippen molar-refractivity contribution in [2.24, 2.45) is 0 Å². The molecule has 0 bridgehead atoms. The minimum atomic E-state index is -1.06. The number of esters is 1. The van der Waals surface area contributed by atoms with E-state index in [1.54, 1.807) is 18.2 Å². The highest BCUT2D eigenvalue weighted by molar-refractivity contribution is 5.97. The fourth-order valence-corrected chi connectivity index (χ4v) is 2.02. The number of carbonyl (C=O) groups is 1. The quantitative estimate of drug-likeness (QED) is 0.557. The predicted molar refractivity (Wildman–Crippen MR) is 77.2 cm³/mol. The van der Waals surface area contributed by atoms with Gasteiger partial charge in [-0.05, 0) is 24.3 Å². The Balaban J connectivity index is 2.16. The number of rotatable bonds is 2. The minimum Gasteiger partial charge on any atom is -0.507 e. The third-order valence-corrected chi connectivity index (χ3v) is 3.05. The summed E-state index contributed by atoms with van der Waals surface area (Å²) in [7, 11) is 0. The summed E-state index contributed by atoms with van der Waals surface area (Å²) >= 11 is 0. The molecule has 0 aliphatic rings. The zero-order valence-electron chi connectivity index (χ0n) is 11.1. The van der Waals surface area contributed by atoms with Crippen LogP contribution < -0.4 is 10.4 Å². The highest BCUT2D eigenvalue weighted by Gasteiger charge is 2.21. The number of carbonyl (C=O) groups excluding carboxylic acids is 1. The zero-order valence-corrected chi connectivity index (χ0v) is 11.1. The van der Waals surface area contributed by atoms with Crippen molar-refractivity contribution in [2.75, 3.05) is 0 Å². The van der Waals surface area contributed by atoms with E-state index in [0.717, 1.165) is 0 Å². The first-order chi connectivity index (χ1) is 10.6. The molecule has 0 saturated heterocycles. The summed E-state index contributed by atoms with van der Waals surface area (Å²) in [6.45, 7) is 0. The van der Waals surface area contributed by atoms with Crippen molar-refractivity contribution in [3.8, 4) is 17.2 Å². The highest BCUT2D eigenvalue weighted by atomic mass is 16.5. The summed E-state index contributed by atoms with van der Waals surface area (Å²) in [5, 5.41) is 19.7. The average Bonchev–Trinajstić information content (AvgIpc) is 2.52. The maximum Gasteiger partial charge on any atom is 0.382 e. The third kappa shape index (κ3) is 2.26. The number of hydrogen-bond donors (Lipinski definition) is 2. The highest BCUT2D eigenvalue weighted by Crippen LogP contribution is 2.37. The molecule has 6 nitrogen and oxygen atoms in total. The van der Waals surface area contributed by atoms with Gasteiger partial charge in [0.1, 0.15) is 16.7 Å². The van der Waals surface area contributed by atoms with Gasteiger partial charge in [-0.2, -0.15) is 0 Å². The monoisotopic (exact) mass is 298 g/mol. The number of hydrogen-bond acceptors (Lipinski definition) is 6. The zero-order chi connectivity index (χ0) is 15.7. The Kier molecular flexibility index (Phi) is 3.27. The van der Waals surface area contributed by atoms with Crippen molar-refractivity contribution in [2.45, 2.75) is 0 Å². The van der Waals surface area contributed by atoms with Crippen molar-refractivity contribution >= 4 is 16.9 Å². The Morgan fingerprint density at radius 2 is 1.73 bits per heavy atom. The second kappa shape index (κ2) is 5.25. The van der Waals surface area contributed by atoms with Crippen LogP contribution in [0.15, 0.2) is 57.7 Å². The van der Waals surface area contributed by atoms with Gasteiger partial charge >= 0.3 is 11.6 Å². The molecule has 6 heteroatoms. The normalized spacial score (nSPS) is 10.5. The predicted octanol–water partition coefficient (Wildman–Crippen LogP) is 2.42. The lowest BCUT2D eigenvalue weighted by molar-refractivity contribution is 0.0731. The number of benzene rings is 2. The lowest BCUT2D eigenvalue weighted by Crippen LogP contribution is -2.11. The van der Waals surface area contributed by atoms with Crippen LogP contribution >= 0.6 is 0 Å². The number of phenolic OH excluding ortho intramolecular Hbond substituents is 1. The van der Waals surface area contributed by atoms with E-state index in [1.807, 2.05) is 0 Å². The Bertz CT molecular complexity index is 911. The molecule has 3 aromatic rings. The molecule has 1 aromatic heterocycles. The first kappa shape index (κ1) is 13.7. The topological polar surface area (TPSA) is 97.0 Å². The molecular weight excluding hydrogens is 288 g/mol. The second-order valence-electron chi connectivity index (χ2n) is 4.47. The molecule has 0 amide bonds. The van der Waals surface area contributed by atoms with Crippen LogP contribution in [0.25, 0.3) is 11.0 Å². The summed E-state index contributed by atoms with van der Waals surface area (Å²) in [5.74, 6) is -2.37. The van der Waals surface area contributed by atoms with E-state index < -0.39 is 23.1 Å². The molecule has 0 radical (unpaired) electrons. The Morgan fingerprint density at radius 1 is 1.00 bits per heavy atom. The second-order valence-corrected chi connectivity index (χ2v) is 4.47. The van der Waals surface area contributed by atoms with Gasteiger partial charge in [0.15, 0.2) is 5.75 Å². The van der Waals surface area contributed by atoms with Crippen LogP contribution in [0.4, 0.5) is 0 Å². The third-order valence-electron chi connectivity index (χ3n) is 3.05. The standard InChI is InChI=1S/C16H10O6/c17-10-7-4-8-11-12(10)14(13(18)16(20)21-11)22-15(19)9-5-2-1-3-6-9/h1-8,17-18H. The number of phenols is 1. The van der Waals surface area contributed by atoms with Crippen molar-refractivity contribution in [1.29, 1.82) is 0 Å². The first-order valence-electron chi connectivity index (χ1n) is 6.33. The van der Waals surface area contributed by atoms with Gasteiger partial charge in [0, 0.05) is 0 Å². The molecule has 0 saturated carbocycles. The van der Waals surface area contributed by atoms with Gasteiger partial charge in [-0.25, -0.2) is 9.59 Å². The molecular formula is C16H10O6. The fraction of sp³-hybridized carbons (Fsp3) is 0. The van der Waals surface area contributed by atoms with Crippen LogP contribution in [0.1, 0.15) is 10.4 Å². The van der Waals surface area contributed by atoms with Crippen molar-refractivity contribution in [3.05, 3.63) is 64.5 Å². The SMILES string of the molecule is O=C(Oc1c(O)c(=O)oc2cccc(O)c12)c1ccccc1. The van der Waals surface area contributed by atoms with Crippen molar-refractivity contribution < 1.29 is 24.2 Å². The van der Waals surface area contributed by atoms with Gasteiger partial charge < -0.3 is 19.4 Å². The largest absolute Gasteiger partial charge is 0.507 e. The fourth-order valence-electron chi connectivity index (χ4n) is 2.02. The van der Waals surface area contributed by atoms with Gasteiger partial charge in [-0.15, -0.1) is 0 Å². The molecule has 0 aliphatic heterocycles. The van der Waals surface area contributed by atoms with Crippen LogP contribution in [0.5, 0.6) is 17.2 Å². The number of ether oxygens (including phenoxy) is 1. The van der Waals surface area contributed by atoms with E-state index in [-0.39, 0.29) is 22.3 Å². The van der Waals surface area contributed by atoms with E-state index in [1.165, 1.54) is 30.3 Å². The lowest BCUT2D eigenvalue weighted by Gasteiger charge is -2.09. The van der Waals surface area contributed by atoms with Crippen LogP contribution in [-0.4, -0.2) is 16.2 Å². The molecule has 1 heterocycles. The molecule has 0 fully saturated rings. The van der Waals surface area contributed by atoms with Gasteiger partial charge in [0.25, 0.3) is 0 Å². The molecule has 3 rings (SSSR count). The van der Waals surface area contributed by atoms with Crippen LogP contribution in [-0.2, 0) is 0 Å². The summed E-state index contributed by atoms with van der Waals surface area (Å²) < 4.78 is 9.94. The summed E-state index contributed by atoms with van der Waals surface area (Å²) in [6, 6.07) is 12.3. The van der Waals surface area contributed by atoms with Crippen molar-refractivity contribution in [3.63, 3.8) is 0 Å². The van der Waals surface area contributed by atoms with E-state index in [2.05, 4.69) is 0 Å². The molecule has 0 atom stereocenters. The molecule has 0 spiro atoms. The number of fused-ring (bicyclic) bond motifs is 1. The van der Waals surface area contributed by atoms with E-state index >= 15 is 0 Å². The molecule has 110 valence electrons. The van der Waals surface area contributed by atoms with Gasteiger partial charge in [-0.3, -0.25) is 0 Å². The van der Waals surface area contributed by atoms with Gasteiger partial charge in [0.05, 0.1) is 5.56 Å². The van der Waals surface area contributed by atoms with E-state index in [4.69, 9.17) is 9.15 Å². The van der Waals surface area contributed by atoms with E-state index in [9.17, 15) is 19.8 Å². The average molecular weight is 298 g/mol. The number of aromatic hydroxyl groups is 2. The minimum absolute atomic E-state index is 0.00124. The molecule has 0 aliphatic carbocycles. The molecule has 2 N–H and O–H groups in total. The maximum atomic E-state index is 12.1. The van der Waals surface area contributed by atoms with E-state index in [0.29, 0.717) is 0 Å². The molecule has 2 aromatic carbocycles. The van der Waals surface area contributed by atoms with Crippen molar-refractivity contribution in [1.82, 2.24) is 0 Å². The Morgan fingerprint density at radius 3 is 2.45 bits per heavy atom. The Labute approximate surface area is 123 Å². The molecule has 22 heavy (non-hydrogen) atoms. The summed E-state index contributed by atoms with van der Waals surface area (Å²) in [4.78, 5) is 23.7. The van der Waals surface area contributed by atoms with Crippen LogP contribution in [0, 0.1) is 0 Å².